The Balaban J connectivity index is 1.94. The summed E-state index contributed by atoms with van der Waals surface area (Å²) in [5.74, 6) is 0.123. The largest absolute Gasteiger partial charge is 0.380 e. The standard InChI is InChI=1S/C16H16FN3O3S/c1-8(16-19-9(2)20-23-16)18-15(21)14-10(7-22-3)13-11(17)5-4-6-12(13)24-14/h4-6,8H,7H2,1-3H3,(H,18,21). The molecular formula is C16H16FN3O3S. The van der Waals surface area contributed by atoms with E-state index in [1.807, 2.05) is 0 Å². The van der Waals surface area contributed by atoms with Gasteiger partial charge in [0.25, 0.3) is 5.91 Å². The maximum Gasteiger partial charge on any atom is 0.262 e. The van der Waals surface area contributed by atoms with Gasteiger partial charge in [0, 0.05) is 22.8 Å². The van der Waals surface area contributed by atoms with Gasteiger partial charge >= 0.3 is 0 Å². The lowest BCUT2D eigenvalue weighted by molar-refractivity contribution is 0.0932. The van der Waals surface area contributed by atoms with Crippen LogP contribution in [0.2, 0.25) is 0 Å². The number of carbonyl (C=O) groups excluding carboxylic acids is 1. The van der Waals surface area contributed by atoms with Gasteiger partial charge in [0.1, 0.15) is 11.9 Å². The molecule has 3 aromatic rings. The average molecular weight is 349 g/mol. The molecule has 0 bridgehead atoms. The molecule has 1 amide bonds. The van der Waals surface area contributed by atoms with Crippen molar-refractivity contribution in [3.05, 3.63) is 46.2 Å². The number of nitrogens with one attached hydrogen (secondary N) is 1. The number of thiophene rings is 1. The van der Waals surface area contributed by atoms with Gasteiger partial charge in [-0.3, -0.25) is 4.79 Å². The molecule has 1 unspecified atom stereocenters. The summed E-state index contributed by atoms with van der Waals surface area (Å²) in [6.07, 6.45) is 0. The Morgan fingerprint density at radius 2 is 2.29 bits per heavy atom. The number of halogens is 1. The zero-order valence-corrected chi connectivity index (χ0v) is 14.2. The van der Waals surface area contributed by atoms with Crippen LogP contribution in [0.4, 0.5) is 4.39 Å². The lowest BCUT2D eigenvalue weighted by atomic mass is 10.1. The first kappa shape index (κ1) is 16.5. The summed E-state index contributed by atoms with van der Waals surface area (Å²) in [4.78, 5) is 17.2. The quantitative estimate of drug-likeness (QED) is 0.764. The molecule has 0 fully saturated rings. The third kappa shape index (κ3) is 3.02. The van der Waals surface area contributed by atoms with Crippen LogP contribution in [-0.2, 0) is 11.3 Å². The minimum Gasteiger partial charge on any atom is -0.380 e. The van der Waals surface area contributed by atoms with Crippen molar-refractivity contribution in [2.75, 3.05) is 7.11 Å². The van der Waals surface area contributed by atoms with Gasteiger partial charge in [0.15, 0.2) is 5.82 Å². The molecule has 0 radical (unpaired) electrons. The molecule has 0 aliphatic heterocycles. The maximum atomic E-state index is 14.2. The summed E-state index contributed by atoms with van der Waals surface area (Å²) in [5, 5.41) is 6.94. The summed E-state index contributed by atoms with van der Waals surface area (Å²) in [6, 6.07) is 4.32. The maximum absolute atomic E-state index is 14.2. The zero-order chi connectivity index (χ0) is 17.3. The van der Waals surface area contributed by atoms with Crippen molar-refractivity contribution in [3.8, 4) is 0 Å². The molecule has 126 valence electrons. The van der Waals surface area contributed by atoms with Crippen LogP contribution >= 0.6 is 11.3 Å². The van der Waals surface area contributed by atoms with Crippen LogP contribution in [0.1, 0.15) is 39.9 Å². The summed E-state index contributed by atoms with van der Waals surface area (Å²) in [7, 11) is 1.51. The Morgan fingerprint density at radius 1 is 1.50 bits per heavy atom. The predicted octanol–water partition coefficient (Wildman–Crippen LogP) is 3.37. The van der Waals surface area contributed by atoms with Gasteiger partial charge in [0.2, 0.25) is 5.89 Å². The first-order valence-corrected chi connectivity index (χ1v) is 8.12. The Morgan fingerprint density at radius 3 is 2.96 bits per heavy atom. The average Bonchev–Trinajstić information content (AvgIpc) is 3.13. The second-order valence-electron chi connectivity index (χ2n) is 5.33. The Labute approximate surface area is 141 Å². The molecule has 0 aliphatic carbocycles. The number of benzene rings is 1. The number of aryl methyl sites for hydroxylation is 1. The van der Waals surface area contributed by atoms with Crippen LogP contribution in [0, 0.1) is 12.7 Å². The molecule has 24 heavy (non-hydrogen) atoms. The number of ether oxygens (including phenoxy) is 1. The molecule has 2 aromatic heterocycles. The highest BCUT2D eigenvalue weighted by Crippen LogP contribution is 2.34. The van der Waals surface area contributed by atoms with Gasteiger partial charge in [0.05, 0.1) is 11.5 Å². The Bertz CT molecular complexity index is 890. The van der Waals surface area contributed by atoms with Gasteiger partial charge in [-0.25, -0.2) is 4.39 Å². The summed E-state index contributed by atoms with van der Waals surface area (Å²) in [5.41, 5.74) is 0.544. The van der Waals surface area contributed by atoms with E-state index in [2.05, 4.69) is 15.5 Å². The van der Waals surface area contributed by atoms with Crippen molar-refractivity contribution in [2.45, 2.75) is 26.5 Å². The van der Waals surface area contributed by atoms with E-state index < -0.39 is 6.04 Å². The van der Waals surface area contributed by atoms with E-state index in [0.717, 1.165) is 0 Å². The van der Waals surface area contributed by atoms with E-state index in [-0.39, 0.29) is 18.3 Å². The van der Waals surface area contributed by atoms with E-state index in [4.69, 9.17) is 9.26 Å². The highest BCUT2D eigenvalue weighted by atomic mass is 32.1. The van der Waals surface area contributed by atoms with Crippen LogP contribution in [0.3, 0.4) is 0 Å². The second kappa shape index (κ2) is 6.66. The van der Waals surface area contributed by atoms with Crippen molar-refractivity contribution in [3.63, 3.8) is 0 Å². The van der Waals surface area contributed by atoms with Crippen LogP contribution in [-0.4, -0.2) is 23.2 Å². The number of carbonyl (C=O) groups is 1. The smallest absolute Gasteiger partial charge is 0.262 e. The highest BCUT2D eigenvalue weighted by Gasteiger charge is 2.23. The monoisotopic (exact) mass is 349 g/mol. The van der Waals surface area contributed by atoms with Crippen LogP contribution < -0.4 is 5.32 Å². The van der Waals surface area contributed by atoms with Gasteiger partial charge in [-0.2, -0.15) is 4.98 Å². The second-order valence-corrected chi connectivity index (χ2v) is 6.38. The van der Waals surface area contributed by atoms with Gasteiger partial charge in [-0.05, 0) is 26.0 Å². The first-order chi connectivity index (χ1) is 11.5. The molecule has 0 saturated carbocycles. The normalized spacial score (nSPS) is 12.5. The minimum absolute atomic E-state index is 0.151. The predicted molar refractivity (Wildman–Crippen MR) is 87.4 cm³/mol. The number of nitrogens with zero attached hydrogens (tertiary/aromatic N) is 2. The fourth-order valence-electron chi connectivity index (χ4n) is 2.45. The number of hydrogen-bond acceptors (Lipinski definition) is 6. The number of aromatic nitrogens is 2. The van der Waals surface area contributed by atoms with E-state index in [0.29, 0.717) is 32.2 Å². The van der Waals surface area contributed by atoms with Crippen molar-refractivity contribution in [1.82, 2.24) is 15.5 Å². The fourth-order valence-corrected chi connectivity index (χ4v) is 3.57. The molecular weight excluding hydrogens is 333 g/mol. The summed E-state index contributed by atoms with van der Waals surface area (Å²) >= 11 is 1.23. The van der Waals surface area contributed by atoms with Gasteiger partial charge in [-0.15, -0.1) is 11.3 Å². The number of hydrogen-bond donors (Lipinski definition) is 1. The van der Waals surface area contributed by atoms with E-state index in [1.54, 1.807) is 26.0 Å². The number of rotatable bonds is 5. The Kier molecular flexibility index (Phi) is 4.59. The minimum atomic E-state index is -0.454. The van der Waals surface area contributed by atoms with Crippen LogP contribution in [0.5, 0.6) is 0 Å². The lowest BCUT2D eigenvalue weighted by Gasteiger charge is -2.10. The van der Waals surface area contributed by atoms with E-state index in [1.165, 1.54) is 24.5 Å². The Hall–Kier alpha value is -2.32. The molecule has 0 aliphatic rings. The lowest BCUT2D eigenvalue weighted by Crippen LogP contribution is -2.27. The molecule has 3 rings (SSSR count). The number of amides is 1. The first-order valence-electron chi connectivity index (χ1n) is 7.31. The molecule has 0 saturated heterocycles. The summed E-state index contributed by atoms with van der Waals surface area (Å²) < 4.78 is 25.1. The van der Waals surface area contributed by atoms with E-state index >= 15 is 0 Å². The third-order valence-electron chi connectivity index (χ3n) is 3.52. The molecule has 0 spiro atoms. The molecule has 1 aromatic carbocycles. The van der Waals surface area contributed by atoms with E-state index in [9.17, 15) is 9.18 Å². The topological polar surface area (TPSA) is 77.2 Å². The fraction of sp³-hybridized carbons (Fsp3) is 0.312. The molecule has 1 N–H and O–H groups in total. The van der Waals surface area contributed by atoms with Crippen molar-refractivity contribution in [2.24, 2.45) is 0 Å². The van der Waals surface area contributed by atoms with Gasteiger partial charge in [-0.1, -0.05) is 11.2 Å². The van der Waals surface area contributed by atoms with Crippen LogP contribution in [0.25, 0.3) is 10.1 Å². The zero-order valence-electron chi connectivity index (χ0n) is 13.4. The van der Waals surface area contributed by atoms with Gasteiger partial charge < -0.3 is 14.6 Å². The van der Waals surface area contributed by atoms with Crippen molar-refractivity contribution >= 4 is 27.3 Å². The molecule has 1 atom stereocenters. The van der Waals surface area contributed by atoms with Crippen molar-refractivity contribution < 1.29 is 18.4 Å². The van der Waals surface area contributed by atoms with Crippen LogP contribution in [0.15, 0.2) is 22.7 Å². The third-order valence-corrected chi connectivity index (χ3v) is 4.72. The molecule has 6 nitrogen and oxygen atoms in total. The molecule has 8 heteroatoms. The summed E-state index contributed by atoms with van der Waals surface area (Å²) in [6.45, 7) is 3.60. The van der Waals surface area contributed by atoms with Crippen molar-refractivity contribution in [1.29, 1.82) is 0 Å². The molecule has 2 heterocycles. The number of methoxy groups -OCH3 is 1. The number of fused-ring (bicyclic) bond motifs is 1. The SMILES string of the molecule is COCc1c(C(=O)NC(C)c2nc(C)no2)sc2cccc(F)c12. The highest BCUT2D eigenvalue weighted by molar-refractivity contribution is 7.21.